The molecule has 1 aromatic rings. The summed E-state index contributed by atoms with van der Waals surface area (Å²) in [5.41, 5.74) is 3.39. The summed E-state index contributed by atoms with van der Waals surface area (Å²) in [5, 5.41) is 3.57. The molecule has 1 aromatic carbocycles. The second-order valence-electron chi connectivity index (χ2n) is 6.35. The van der Waals surface area contributed by atoms with Crippen LogP contribution in [-0.2, 0) is 6.42 Å². The van der Waals surface area contributed by atoms with Gasteiger partial charge in [-0.15, -0.1) is 0 Å². The van der Waals surface area contributed by atoms with Crippen LogP contribution in [0.15, 0.2) is 24.3 Å². The van der Waals surface area contributed by atoms with Gasteiger partial charge in [0.25, 0.3) is 0 Å². The van der Waals surface area contributed by atoms with Gasteiger partial charge in [-0.3, -0.25) is 0 Å². The molecule has 0 bridgehead atoms. The van der Waals surface area contributed by atoms with E-state index in [0.29, 0.717) is 11.5 Å². The van der Waals surface area contributed by atoms with E-state index in [1.165, 1.54) is 30.4 Å². The van der Waals surface area contributed by atoms with Crippen LogP contribution in [0.5, 0.6) is 0 Å². The molecule has 1 heteroatoms. The number of hydrogen-bond acceptors (Lipinski definition) is 1. The molecule has 1 aliphatic rings. The van der Waals surface area contributed by atoms with Crippen molar-refractivity contribution in [2.45, 2.75) is 52.5 Å². The summed E-state index contributed by atoms with van der Waals surface area (Å²) in [6, 6.07) is 9.62. The Hall–Kier alpha value is -0.820. The molecule has 0 heterocycles. The van der Waals surface area contributed by atoms with Crippen LogP contribution in [0.1, 0.15) is 57.2 Å². The summed E-state index contributed by atoms with van der Waals surface area (Å²) in [5.74, 6) is 0.759. The van der Waals surface area contributed by atoms with Crippen LogP contribution in [0.3, 0.4) is 0 Å². The Morgan fingerprint density at radius 3 is 2.72 bits per heavy atom. The zero-order valence-corrected chi connectivity index (χ0v) is 12.3. The second kappa shape index (κ2) is 5.44. The van der Waals surface area contributed by atoms with Crippen LogP contribution >= 0.6 is 0 Å². The van der Waals surface area contributed by atoms with Gasteiger partial charge in [0.05, 0.1) is 0 Å². The smallest absolute Gasteiger partial charge is 0.0351 e. The minimum absolute atomic E-state index is 0.468. The van der Waals surface area contributed by atoms with Gasteiger partial charge in [-0.25, -0.2) is 0 Å². The molecule has 0 saturated heterocycles. The maximum atomic E-state index is 3.57. The van der Waals surface area contributed by atoms with Gasteiger partial charge in [0, 0.05) is 6.04 Å². The summed E-state index contributed by atoms with van der Waals surface area (Å²) in [7, 11) is 2.11. The van der Waals surface area contributed by atoms with Crippen molar-refractivity contribution in [2.24, 2.45) is 11.3 Å². The van der Waals surface area contributed by atoms with Crippen molar-refractivity contribution in [3.8, 4) is 0 Å². The van der Waals surface area contributed by atoms with E-state index < -0.39 is 0 Å². The van der Waals surface area contributed by atoms with Crippen molar-refractivity contribution in [1.29, 1.82) is 0 Å². The quantitative estimate of drug-likeness (QED) is 0.832. The third-order valence-corrected chi connectivity index (χ3v) is 4.77. The van der Waals surface area contributed by atoms with Gasteiger partial charge in [-0.1, -0.05) is 51.5 Å². The fourth-order valence-corrected chi connectivity index (χ4v) is 3.58. The van der Waals surface area contributed by atoms with Gasteiger partial charge in [-0.2, -0.15) is 0 Å². The van der Waals surface area contributed by atoms with Crippen molar-refractivity contribution in [1.82, 2.24) is 5.32 Å². The highest BCUT2D eigenvalue weighted by molar-refractivity contribution is 5.27. The van der Waals surface area contributed by atoms with E-state index in [1.54, 1.807) is 0 Å². The molecule has 2 unspecified atom stereocenters. The van der Waals surface area contributed by atoms with Crippen LogP contribution in [0.2, 0.25) is 0 Å². The summed E-state index contributed by atoms with van der Waals surface area (Å²) >= 11 is 0. The first-order chi connectivity index (χ1) is 8.58. The number of benzene rings is 1. The molecule has 1 fully saturated rings. The van der Waals surface area contributed by atoms with Gasteiger partial charge in [0.2, 0.25) is 0 Å². The normalized spacial score (nSPS) is 24.1. The van der Waals surface area contributed by atoms with Crippen LogP contribution in [-0.4, -0.2) is 7.05 Å². The minimum Gasteiger partial charge on any atom is -0.313 e. The van der Waals surface area contributed by atoms with Crippen LogP contribution in [0.25, 0.3) is 0 Å². The molecule has 1 nitrogen and oxygen atoms in total. The number of hydrogen-bond donors (Lipinski definition) is 1. The van der Waals surface area contributed by atoms with Gasteiger partial charge < -0.3 is 5.32 Å². The highest BCUT2D eigenvalue weighted by Crippen LogP contribution is 2.48. The molecule has 0 aliphatic heterocycles. The Labute approximate surface area is 112 Å². The first kappa shape index (κ1) is 13.6. The maximum absolute atomic E-state index is 3.57. The molecule has 2 atom stereocenters. The maximum Gasteiger partial charge on any atom is 0.0351 e. The molecule has 100 valence electrons. The van der Waals surface area contributed by atoms with Gasteiger partial charge in [-0.05, 0) is 48.8 Å². The van der Waals surface area contributed by atoms with E-state index in [2.05, 4.69) is 57.4 Å². The summed E-state index contributed by atoms with van der Waals surface area (Å²) in [6.07, 6.45) is 5.22. The van der Waals surface area contributed by atoms with E-state index >= 15 is 0 Å². The Kier molecular flexibility index (Phi) is 4.11. The monoisotopic (exact) mass is 245 g/mol. The predicted molar refractivity (Wildman–Crippen MR) is 78.7 cm³/mol. The molecule has 1 saturated carbocycles. The van der Waals surface area contributed by atoms with Gasteiger partial charge in [0.1, 0.15) is 0 Å². The van der Waals surface area contributed by atoms with E-state index in [9.17, 15) is 0 Å². The van der Waals surface area contributed by atoms with Crippen molar-refractivity contribution in [2.75, 3.05) is 7.05 Å². The largest absolute Gasteiger partial charge is 0.313 e. The fraction of sp³-hybridized carbons (Fsp3) is 0.647. The van der Waals surface area contributed by atoms with Crippen molar-refractivity contribution in [3.05, 3.63) is 35.4 Å². The predicted octanol–water partition coefficient (Wildman–Crippen LogP) is 4.34. The highest BCUT2D eigenvalue weighted by atomic mass is 14.9. The van der Waals surface area contributed by atoms with Gasteiger partial charge >= 0.3 is 0 Å². The molecule has 1 aliphatic carbocycles. The van der Waals surface area contributed by atoms with Crippen molar-refractivity contribution < 1.29 is 0 Å². The van der Waals surface area contributed by atoms with E-state index in [4.69, 9.17) is 0 Å². The molecular formula is C17H27N. The number of nitrogens with one attached hydrogen (secondary N) is 1. The first-order valence-corrected chi connectivity index (χ1v) is 7.34. The van der Waals surface area contributed by atoms with Crippen LogP contribution in [0, 0.1) is 11.3 Å². The standard InChI is InChI=1S/C17H27N/c1-5-13-8-6-9-14(12-13)16(18-4)15-10-7-11-17(15,2)3/h6,8-9,12,15-16,18H,5,7,10-11H2,1-4H3. The summed E-state index contributed by atoms with van der Waals surface area (Å²) < 4.78 is 0. The Bertz CT molecular complexity index is 394. The molecule has 2 rings (SSSR count). The average molecular weight is 245 g/mol. The first-order valence-electron chi connectivity index (χ1n) is 7.34. The van der Waals surface area contributed by atoms with E-state index in [1.807, 2.05) is 0 Å². The van der Waals surface area contributed by atoms with E-state index in [0.717, 1.165) is 12.3 Å². The lowest BCUT2D eigenvalue weighted by Gasteiger charge is -2.34. The molecular weight excluding hydrogens is 218 g/mol. The fourth-order valence-electron chi connectivity index (χ4n) is 3.58. The lowest BCUT2D eigenvalue weighted by atomic mass is 9.75. The third-order valence-electron chi connectivity index (χ3n) is 4.77. The summed E-state index contributed by atoms with van der Waals surface area (Å²) in [4.78, 5) is 0. The number of rotatable bonds is 4. The SMILES string of the molecule is CCc1cccc(C(NC)C2CCCC2(C)C)c1. The van der Waals surface area contributed by atoms with Crippen LogP contribution in [0.4, 0.5) is 0 Å². The molecule has 0 amide bonds. The molecule has 0 aromatic heterocycles. The minimum atomic E-state index is 0.468. The second-order valence-corrected chi connectivity index (χ2v) is 6.35. The topological polar surface area (TPSA) is 12.0 Å². The molecule has 0 spiro atoms. The Balaban J connectivity index is 2.27. The lowest BCUT2D eigenvalue weighted by Crippen LogP contribution is -2.32. The molecule has 18 heavy (non-hydrogen) atoms. The zero-order chi connectivity index (χ0) is 13.2. The van der Waals surface area contributed by atoms with Crippen molar-refractivity contribution in [3.63, 3.8) is 0 Å². The third kappa shape index (κ3) is 2.61. The van der Waals surface area contributed by atoms with Crippen molar-refractivity contribution >= 4 is 0 Å². The zero-order valence-electron chi connectivity index (χ0n) is 12.3. The number of aryl methyl sites for hydroxylation is 1. The lowest BCUT2D eigenvalue weighted by molar-refractivity contribution is 0.203. The molecule has 0 radical (unpaired) electrons. The average Bonchev–Trinajstić information content (AvgIpc) is 2.71. The Morgan fingerprint density at radius 1 is 1.39 bits per heavy atom. The Morgan fingerprint density at radius 2 is 2.17 bits per heavy atom. The highest BCUT2D eigenvalue weighted by Gasteiger charge is 2.39. The molecule has 1 N–H and O–H groups in total. The van der Waals surface area contributed by atoms with Gasteiger partial charge in [0.15, 0.2) is 0 Å². The van der Waals surface area contributed by atoms with E-state index in [-0.39, 0.29) is 0 Å². The summed E-state index contributed by atoms with van der Waals surface area (Å²) in [6.45, 7) is 7.09. The van der Waals surface area contributed by atoms with Crippen LogP contribution < -0.4 is 5.32 Å².